The lowest BCUT2D eigenvalue weighted by atomic mass is 10.1. The number of nitriles is 1. The van der Waals surface area contributed by atoms with Gasteiger partial charge in [0.25, 0.3) is 0 Å². The summed E-state index contributed by atoms with van der Waals surface area (Å²) in [5.74, 6) is -1.67. The Balaban J connectivity index is 2.18. The maximum absolute atomic E-state index is 11.8. The number of hydrogen-bond donors (Lipinski definition) is 2. The number of piperidine rings is 1. The summed E-state index contributed by atoms with van der Waals surface area (Å²) in [5, 5.41) is 12.7. The fourth-order valence-corrected chi connectivity index (χ4v) is 1.86. The van der Waals surface area contributed by atoms with Crippen molar-refractivity contribution in [2.75, 3.05) is 26.2 Å². The molecule has 7 heteroatoms. The quantitative estimate of drug-likeness (QED) is 0.511. The van der Waals surface area contributed by atoms with E-state index in [-0.39, 0.29) is 25.4 Å². The molecule has 1 heterocycles. The van der Waals surface area contributed by atoms with E-state index >= 15 is 0 Å². The third-order valence-electron chi connectivity index (χ3n) is 2.87. The Bertz CT molecular complexity index is 383. The molecule has 0 bridgehead atoms. The van der Waals surface area contributed by atoms with Gasteiger partial charge in [-0.25, -0.2) is 0 Å². The highest BCUT2D eigenvalue weighted by Crippen LogP contribution is 2.09. The van der Waals surface area contributed by atoms with Crippen LogP contribution in [0.4, 0.5) is 0 Å². The highest BCUT2D eigenvalue weighted by molar-refractivity contribution is 6.35. The molecule has 0 aromatic carbocycles. The molecule has 1 fully saturated rings. The molecule has 0 spiro atoms. The second-order valence-corrected chi connectivity index (χ2v) is 4.29. The van der Waals surface area contributed by atoms with Crippen molar-refractivity contribution in [3.05, 3.63) is 0 Å². The van der Waals surface area contributed by atoms with Crippen molar-refractivity contribution >= 4 is 17.7 Å². The van der Waals surface area contributed by atoms with Crippen LogP contribution in [-0.4, -0.2) is 48.8 Å². The maximum Gasteiger partial charge on any atom is 0.310 e. The molecule has 0 radical (unpaired) electrons. The normalized spacial score (nSPS) is 14.4. The van der Waals surface area contributed by atoms with Gasteiger partial charge in [0.2, 0.25) is 5.91 Å². The Labute approximate surface area is 111 Å². The Kier molecular flexibility index (Phi) is 6.36. The fraction of sp³-hybridized carbons (Fsp3) is 0.667. The predicted octanol–water partition coefficient (Wildman–Crippen LogP) is -0.855. The van der Waals surface area contributed by atoms with E-state index in [9.17, 15) is 14.4 Å². The molecular weight excluding hydrogens is 248 g/mol. The van der Waals surface area contributed by atoms with Crippen LogP contribution in [0, 0.1) is 11.3 Å². The summed E-state index contributed by atoms with van der Waals surface area (Å²) in [6.07, 6.45) is 3.39. The van der Waals surface area contributed by atoms with E-state index < -0.39 is 11.8 Å². The van der Waals surface area contributed by atoms with Gasteiger partial charge in [0.15, 0.2) is 0 Å². The number of carbonyl (C=O) groups excluding carboxylic acids is 3. The number of rotatable bonds is 4. The maximum atomic E-state index is 11.8. The van der Waals surface area contributed by atoms with E-state index in [2.05, 4.69) is 10.6 Å². The van der Waals surface area contributed by atoms with Crippen LogP contribution in [0.5, 0.6) is 0 Å². The van der Waals surface area contributed by atoms with Crippen LogP contribution in [0.15, 0.2) is 0 Å². The molecule has 1 rings (SSSR count). The molecule has 0 unspecified atom stereocenters. The van der Waals surface area contributed by atoms with E-state index in [0.29, 0.717) is 0 Å². The lowest BCUT2D eigenvalue weighted by Crippen LogP contribution is -2.42. The van der Waals surface area contributed by atoms with Crippen LogP contribution in [0.1, 0.15) is 25.7 Å². The molecule has 1 aliphatic rings. The Morgan fingerprint density at radius 3 is 2.32 bits per heavy atom. The van der Waals surface area contributed by atoms with Crippen LogP contribution >= 0.6 is 0 Å². The molecular formula is C12H18N4O3. The molecule has 0 saturated carbocycles. The molecule has 104 valence electrons. The Morgan fingerprint density at radius 1 is 1.05 bits per heavy atom. The van der Waals surface area contributed by atoms with Gasteiger partial charge in [-0.3, -0.25) is 14.4 Å². The number of amides is 3. The summed E-state index contributed by atoms with van der Waals surface area (Å²) in [5.41, 5.74) is 0. The predicted molar refractivity (Wildman–Crippen MR) is 66.7 cm³/mol. The van der Waals surface area contributed by atoms with Crippen molar-refractivity contribution < 1.29 is 14.4 Å². The van der Waals surface area contributed by atoms with Gasteiger partial charge in [0, 0.05) is 26.1 Å². The molecule has 2 N–H and O–H groups in total. The van der Waals surface area contributed by atoms with E-state index in [1.165, 1.54) is 0 Å². The first-order valence-corrected chi connectivity index (χ1v) is 6.36. The molecule has 3 amide bonds. The summed E-state index contributed by atoms with van der Waals surface area (Å²) >= 11 is 0. The monoisotopic (exact) mass is 266 g/mol. The summed E-state index contributed by atoms with van der Waals surface area (Å²) in [6, 6.07) is 1.70. The zero-order valence-corrected chi connectivity index (χ0v) is 10.8. The second kappa shape index (κ2) is 8.08. The highest BCUT2D eigenvalue weighted by Gasteiger charge is 2.17. The minimum absolute atomic E-state index is 0.00238. The first-order valence-electron chi connectivity index (χ1n) is 6.36. The average Bonchev–Trinajstić information content (AvgIpc) is 2.45. The van der Waals surface area contributed by atoms with Gasteiger partial charge in [-0.15, -0.1) is 0 Å². The van der Waals surface area contributed by atoms with Crippen LogP contribution < -0.4 is 10.6 Å². The molecule has 1 aliphatic heterocycles. The van der Waals surface area contributed by atoms with Crippen molar-refractivity contribution in [2.24, 2.45) is 0 Å². The minimum Gasteiger partial charge on any atom is -0.347 e. The van der Waals surface area contributed by atoms with Crippen LogP contribution in [0.2, 0.25) is 0 Å². The topological polar surface area (TPSA) is 102 Å². The lowest BCUT2D eigenvalue weighted by molar-refractivity contribution is -0.139. The minimum atomic E-state index is -0.855. The smallest absolute Gasteiger partial charge is 0.310 e. The van der Waals surface area contributed by atoms with E-state index in [0.717, 1.165) is 32.4 Å². The summed E-state index contributed by atoms with van der Waals surface area (Å²) in [7, 11) is 0. The van der Waals surface area contributed by atoms with Gasteiger partial charge in [-0.1, -0.05) is 0 Å². The fourth-order valence-electron chi connectivity index (χ4n) is 1.86. The third kappa shape index (κ3) is 5.38. The summed E-state index contributed by atoms with van der Waals surface area (Å²) in [6.45, 7) is 1.47. The van der Waals surface area contributed by atoms with Gasteiger partial charge in [0.1, 0.15) is 6.54 Å². The SMILES string of the molecule is N#CCNC(=O)C(=O)NCCC(=O)N1CCCCC1. The number of carbonyl (C=O) groups is 3. The zero-order valence-electron chi connectivity index (χ0n) is 10.8. The number of hydrogen-bond acceptors (Lipinski definition) is 4. The average molecular weight is 266 g/mol. The van der Waals surface area contributed by atoms with E-state index in [4.69, 9.17) is 5.26 Å². The standard InChI is InChI=1S/C12H18N4O3/c13-5-7-15-12(19)11(18)14-6-4-10(17)16-8-2-1-3-9-16/h1-4,6-9H2,(H,14,18)(H,15,19). The number of nitrogens with one attached hydrogen (secondary N) is 2. The lowest BCUT2D eigenvalue weighted by Gasteiger charge is -2.26. The largest absolute Gasteiger partial charge is 0.347 e. The number of nitrogens with zero attached hydrogens (tertiary/aromatic N) is 2. The van der Waals surface area contributed by atoms with Crippen molar-refractivity contribution in [1.29, 1.82) is 5.26 Å². The molecule has 0 aromatic rings. The molecule has 1 saturated heterocycles. The van der Waals surface area contributed by atoms with Gasteiger partial charge in [-0.05, 0) is 19.3 Å². The molecule has 19 heavy (non-hydrogen) atoms. The summed E-state index contributed by atoms with van der Waals surface area (Å²) in [4.78, 5) is 35.9. The van der Waals surface area contributed by atoms with E-state index in [1.807, 2.05) is 0 Å². The van der Waals surface area contributed by atoms with Gasteiger partial charge in [-0.2, -0.15) is 5.26 Å². The molecule has 0 atom stereocenters. The summed E-state index contributed by atoms with van der Waals surface area (Å²) < 4.78 is 0. The first-order chi connectivity index (χ1) is 9.15. The molecule has 0 aromatic heterocycles. The van der Waals surface area contributed by atoms with Crippen molar-refractivity contribution in [2.45, 2.75) is 25.7 Å². The Hall–Kier alpha value is -2.10. The van der Waals surface area contributed by atoms with Crippen LogP contribution in [0.3, 0.4) is 0 Å². The molecule has 7 nitrogen and oxygen atoms in total. The third-order valence-corrected chi connectivity index (χ3v) is 2.87. The van der Waals surface area contributed by atoms with Crippen LogP contribution in [-0.2, 0) is 14.4 Å². The zero-order chi connectivity index (χ0) is 14.1. The van der Waals surface area contributed by atoms with Gasteiger partial charge in [0.05, 0.1) is 6.07 Å². The van der Waals surface area contributed by atoms with Crippen molar-refractivity contribution in [1.82, 2.24) is 15.5 Å². The molecule has 0 aliphatic carbocycles. The van der Waals surface area contributed by atoms with Gasteiger partial charge >= 0.3 is 11.8 Å². The van der Waals surface area contributed by atoms with E-state index in [1.54, 1.807) is 11.0 Å². The number of likely N-dealkylation sites (tertiary alicyclic amines) is 1. The van der Waals surface area contributed by atoms with Crippen LogP contribution in [0.25, 0.3) is 0 Å². The Morgan fingerprint density at radius 2 is 1.68 bits per heavy atom. The van der Waals surface area contributed by atoms with Crippen molar-refractivity contribution in [3.8, 4) is 6.07 Å². The second-order valence-electron chi connectivity index (χ2n) is 4.29. The first kappa shape index (κ1) is 15.0. The van der Waals surface area contributed by atoms with Crippen molar-refractivity contribution in [3.63, 3.8) is 0 Å². The highest BCUT2D eigenvalue weighted by atomic mass is 16.2. The van der Waals surface area contributed by atoms with Gasteiger partial charge < -0.3 is 15.5 Å².